The third-order valence-corrected chi connectivity index (χ3v) is 6.23. The molecule has 8 nitrogen and oxygen atoms in total. The van der Waals surface area contributed by atoms with Crippen molar-refractivity contribution in [3.05, 3.63) is 44.6 Å². The predicted molar refractivity (Wildman–Crippen MR) is 110 cm³/mol. The number of hydrogen-bond acceptors (Lipinski definition) is 5. The molecule has 1 amide bonds. The lowest BCUT2D eigenvalue weighted by Gasteiger charge is -2.35. The van der Waals surface area contributed by atoms with E-state index in [2.05, 4.69) is 25.5 Å². The van der Waals surface area contributed by atoms with E-state index in [9.17, 15) is 9.59 Å². The van der Waals surface area contributed by atoms with Crippen molar-refractivity contribution < 1.29 is 4.79 Å². The highest BCUT2D eigenvalue weighted by Crippen LogP contribution is 2.18. The van der Waals surface area contributed by atoms with Gasteiger partial charge in [-0.25, -0.2) is 4.68 Å². The number of likely N-dealkylation sites (tertiary alicyclic amines) is 1. The van der Waals surface area contributed by atoms with Crippen LogP contribution in [0.3, 0.4) is 0 Å². The van der Waals surface area contributed by atoms with E-state index in [1.54, 1.807) is 10.7 Å². The van der Waals surface area contributed by atoms with E-state index in [4.69, 9.17) is 0 Å². The molecule has 29 heavy (non-hydrogen) atoms. The average molecular weight is 399 g/mol. The van der Waals surface area contributed by atoms with Gasteiger partial charge in [0.25, 0.3) is 11.5 Å². The van der Waals surface area contributed by atoms with Crippen LogP contribution in [0.15, 0.2) is 10.9 Å². The van der Waals surface area contributed by atoms with E-state index in [-0.39, 0.29) is 17.5 Å². The van der Waals surface area contributed by atoms with Gasteiger partial charge >= 0.3 is 0 Å². The summed E-state index contributed by atoms with van der Waals surface area (Å²) in [5.41, 5.74) is 4.36. The summed E-state index contributed by atoms with van der Waals surface area (Å²) in [6.45, 7) is 6.67. The van der Waals surface area contributed by atoms with E-state index in [1.165, 1.54) is 0 Å². The van der Waals surface area contributed by atoms with Gasteiger partial charge in [0.05, 0.1) is 23.5 Å². The average Bonchev–Trinajstić information content (AvgIpc) is 3.30. The molecule has 1 fully saturated rings. The number of fused-ring (bicyclic) bond motifs is 1. The van der Waals surface area contributed by atoms with Crippen molar-refractivity contribution in [1.82, 2.24) is 30.2 Å². The molecule has 2 N–H and O–H groups in total. The number of hydrogen-bond donors (Lipinski definition) is 2. The molecular formula is C21H30N6O2. The fraction of sp³-hybridized carbons (Fsp3) is 0.619. The molecule has 1 saturated heterocycles. The minimum atomic E-state index is -0.0734. The topological polar surface area (TPSA) is 95.9 Å². The molecule has 2 aromatic rings. The highest BCUT2D eigenvalue weighted by Gasteiger charge is 2.24. The number of amides is 1. The van der Waals surface area contributed by atoms with Crippen molar-refractivity contribution >= 4 is 5.91 Å². The van der Waals surface area contributed by atoms with Crippen LogP contribution in [0, 0.1) is 13.8 Å². The normalized spacial score (nSPS) is 19.3. The maximum absolute atomic E-state index is 12.6. The Hall–Kier alpha value is -2.48. The van der Waals surface area contributed by atoms with Crippen molar-refractivity contribution in [2.45, 2.75) is 65.0 Å². The molecule has 1 atom stereocenters. The van der Waals surface area contributed by atoms with Crippen LogP contribution < -0.4 is 10.9 Å². The van der Waals surface area contributed by atoms with Gasteiger partial charge in [-0.2, -0.15) is 10.2 Å². The molecule has 0 saturated carbocycles. The highest BCUT2D eigenvalue weighted by molar-refractivity contribution is 5.96. The minimum Gasteiger partial charge on any atom is -0.350 e. The molecule has 1 aliphatic heterocycles. The lowest BCUT2D eigenvalue weighted by Crippen LogP contribution is -2.48. The second-order valence-corrected chi connectivity index (χ2v) is 8.24. The van der Waals surface area contributed by atoms with Crippen molar-refractivity contribution in [2.75, 3.05) is 19.6 Å². The molecule has 1 aliphatic carbocycles. The van der Waals surface area contributed by atoms with E-state index < -0.39 is 0 Å². The summed E-state index contributed by atoms with van der Waals surface area (Å²) < 4.78 is 1.62. The van der Waals surface area contributed by atoms with Crippen molar-refractivity contribution in [1.29, 1.82) is 0 Å². The van der Waals surface area contributed by atoms with Gasteiger partial charge in [-0.05, 0) is 58.1 Å². The van der Waals surface area contributed by atoms with E-state index in [0.29, 0.717) is 18.7 Å². The van der Waals surface area contributed by atoms with Crippen LogP contribution in [-0.4, -0.2) is 56.5 Å². The monoisotopic (exact) mass is 398 g/mol. The first-order valence-corrected chi connectivity index (χ1v) is 10.7. The zero-order valence-electron chi connectivity index (χ0n) is 17.3. The number of aryl methyl sites for hydroxylation is 4. The number of carbonyl (C=O) groups is 1. The maximum atomic E-state index is 12.6. The molecule has 0 spiro atoms. The third kappa shape index (κ3) is 4.27. The summed E-state index contributed by atoms with van der Waals surface area (Å²) >= 11 is 0. The van der Waals surface area contributed by atoms with Gasteiger partial charge in [0.2, 0.25) is 0 Å². The third-order valence-electron chi connectivity index (χ3n) is 6.23. The summed E-state index contributed by atoms with van der Waals surface area (Å²) in [7, 11) is 0. The second-order valence-electron chi connectivity index (χ2n) is 8.24. The molecule has 4 rings (SSSR count). The van der Waals surface area contributed by atoms with Crippen LogP contribution in [0.2, 0.25) is 0 Å². The highest BCUT2D eigenvalue weighted by atomic mass is 16.1. The summed E-state index contributed by atoms with van der Waals surface area (Å²) in [6, 6.07) is 2.05. The Bertz CT molecular complexity index is 928. The maximum Gasteiger partial charge on any atom is 0.267 e. The summed E-state index contributed by atoms with van der Waals surface area (Å²) in [4.78, 5) is 27.3. The molecule has 156 valence electrons. The molecule has 2 aliphatic rings. The quantitative estimate of drug-likeness (QED) is 0.766. The molecule has 1 unspecified atom stereocenters. The van der Waals surface area contributed by atoms with Crippen LogP contribution >= 0.6 is 0 Å². The van der Waals surface area contributed by atoms with E-state index >= 15 is 0 Å². The molecule has 3 heterocycles. The number of rotatable bonds is 6. The molecule has 0 aromatic carbocycles. The summed E-state index contributed by atoms with van der Waals surface area (Å²) in [6.07, 6.45) is 6.41. The lowest BCUT2D eigenvalue weighted by molar-refractivity contribution is 0.0908. The Morgan fingerprint density at radius 2 is 2.10 bits per heavy atom. The van der Waals surface area contributed by atoms with Crippen LogP contribution in [-0.2, 0) is 19.4 Å². The molecular weight excluding hydrogens is 368 g/mol. The van der Waals surface area contributed by atoms with E-state index in [1.807, 2.05) is 13.8 Å². The Morgan fingerprint density at radius 3 is 2.90 bits per heavy atom. The summed E-state index contributed by atoms with van der Waals surface area (Å²) in [5.74, 6) is -0.0734. The van der Waals surface area contributed by atoms with Gasteiger partial charge in [0.15, 0.2) is 0 Å². The first-order chi connectivity index (χ1) is 14.0. The molecule has 8 heteroatoms. The van der Waals surface area contributed by atoms with Crippen LogP contribution in [0.4, 0.5) is 0 Å². The Labute approximate surface area is 170 Å². The van der Waals surface area contributed by atoms with Gasteiger partial charge in [-0.3, -0.25) is 19.6 Å². The largest absolute Gasteiger partial charge is 0.350 e. The van der Waals surface area contributed by atoms with Crippen LogP contribution in [0.1, 0.15) is 58.7 Å². The molecule has 2 aromatic heterocycles. The smallest absolute Gasteiger partial charge is 0.267 e. The van der Waals surface area contributed by atoms with Crippen LogP contribution in [0.5, 0.6) is 0 Å². The fourth-order valence-corrected chi connectivity index (χ4v) is 4.59. The Kier molecular flexibility index (Phi) is 5.80. The number of aromatic nitrogens is 4. The number of aromatic amines is 1. The number of H-pyrrole nitrogens is 1. The minimum absolute atomic E-state index is 0.00146. The van der Waals surface area contributed by atoms with Crippen LogP contribution in [0.25, 0.3) is 0 Å². The van der Waals surface area contributed by atoms with Gasteiger partial charge in [0, 0.05) is 30.9 Å². The SMILES string of the molecule is Cc1n[nH]c(C)c1C(=O)NCC1CCCCN1CCn1nc2c(cc1=O)CCC2. The Balaban J connectivity index is 1.37. The first-order valence-electron chi connectivity index (χ1n) is 10.7. The number of nitrogens with zero attached hydrogens (tertiary/aromatic N) is 4. The van der Waals surface area contributed by atoms with Gasteiger partial charge in [-0.1, -0.05) is 6.42 Å². The number of carbonyl (C=O) groups excluding carboxylic acids is 1. The number of piperidine rings is 1. The van der Waals surface area contributed by atoms with Crippen molar-refractivity contribution in [3.63, 3.8) is 0 Å². The Morgan fingerprint density at radius 1 is 1.24 bits per heavy atom. The lowest BCUT2D eigenvalue weighted by atomic mass is 10.0. The van der Waals surface area contributed by atoms with Gasteiger partial charge in [-0.15, -0.1) is 0 Å². The second kappa shape index (κ2) is 8.49. The standard InChI is InChI=1S/C21H30N6O2/c1-14-20(15(2)24-23-14)21(29)22-13-17-7-3-4-9-26(17)10-11-27-19(28)12-16-6-5-8-18(16)25-27/h12,17H,3-11,13H2,1-2H3,(H,22,29)(H,23,24). The van der Waals surface area contributed by atoms with Gasteiger partial charge in [0.1, 0.15) is 0 Å². The fourth-order valence-electron chi connectivity index (χ4n) is 4.59. The number of nitrogens with one attached hydrogen (secondary N) is 2. The summed E-state index contributed by atoms with van der Waals surface area (Å²) in [5, 5.41) is 14.6. The predicted octanol–water partition coefficient (Wildman–Crippen LogP) is 1.36. The van der Waals surface area contributed by atoms with Gasteiger partial charge < -0.3 is 5.32 Å². The molecule has 0 bridgehead atoms. The zero-order chi connectivity index (χ0) is 20.4. The van der Waals surface area contributed by atoms with Crippen molar-refractivity contribution in [3.8, 4) is 0 Å². The van der Waals surface area contributed by atoms with Crippen molar-refractivity contribution in [2.24, 2.45) is 0 Å². The molecule has 0 radical (unpaired) electrons. The zero-order valence-corrected chi connectivity index (χ0v) is 17.3. The van der Waals surface area contributed by atoms with E-state index in [0.717, 1.165) is 74.3 Å². The first kappa shape index (κ1) is 19.8.